The molecular formula is C15H32N2O. The zero-order valence-corrected chi connectivity index (χ0v) is 12.7. The van der Waals surface area contributed by atoms with Crippen LogP contribution in [0.3, 0.4) is 0 Å². The second kappa shape index (κ2) is 7.46. The minimum Gasteiger partial charge on any atom is -0.381 e. The Kier molecular flexibility index (Phi) is 6.61. The summed E-state index contributed by atoms with van der Waals surface area (Å²) in [7, 11) is 1.83. The second-order valence-corrected chi connectivity index (χ2v) is 5.92. The zero-order chi connectivity index (χ0) is 13.6. The van der Waals surface area contributed by atoms with E-state index in [1.165, 1.54) is 25.8 Å². The van der Waals surface area contributed by atoms with Gasteiger partial charge in [-0.15, -0.1) is 0 Å². The highest BCUT2D eigenvalue weighted by atomic mass is 16.5. The first-order valence-corrected chi connectivity index (χ1v) is 7.59. The highest BCUT2D eigenvalue weighted by molar-refractivity contribution is 4.96. The largest absolute Gasteiger partial charge is 0.381 e. The van der Waals surface area contributed by atoms with Crippen LogP contribution in [0.15, 0.2) is 0 Å². The molecule has 1 atom stereocenters. The number of hydrogen-bond donors (Lipinski definition) is 1. The Labute approximate surface area is 113 Å². The lowest BCUT2D eigenvalue weighted by Crippen LogP contribution is -2.57. The smallest absolute Gasteiger partial charge is 0.0572 e. The Morgan fingerprint density at radius 3 is 2.33 bits per heavy atom. The molecule has 1 aliphatic rings. The van der Waals surface area contributed by atoms with Crippen LogP contribution in [0.2, 0.25) is 0 Å². The molecule has 0 aliphatic heterocycles. The highest BCUT2D eigenvalue weighted by Crippen LogP contribution is 2.34. The lowest BCUT2D eigenvalue weighted by Gasteiger charge is -2.48. The summed E-state index contributed by atoms with van der Waals surface area (Å²) >= 11 is 0. The van der Waals surface area contributed by atoms with Crippen molar-refractivity contribution in [1.82, 2.24) is 4.90 Å². The Bertz CT molecular complexity index is 225. The fraction of sp³-hybridized carbons (Fsp3) is 1.00. The topological polar surface area (TPSA) is 38.5 Å². The van der Waals surface area contributed by atoms with E-state index in [1.54, 1.807) is 0 Å². The minimum absolute atomic E-state index is 0.229. The average Bonchev–Trinajstić information content (AvgIpc) is 2.44. The van der Waals surface area contributed by atoms with E-state index in [2.05, 4.69) is 25.7 Å². The third-order valence-corrected chi connectivity index (χ3v) is 4.86. The minimum atomic E-state index is 0.229. The van der Waals surface area contributed by atoms with Crippen molar-refractivity contribution in [3.05, 3.63) is 0 Å². The van der Waals surface area contributed by atoms with Gasteiger partial charge < -0.3 is 10.5 Å². The van der Waals surface area contributed by atoms with Crippen molar-refractivity contribution in [2.24, 2.45) is 11.7 Å². The van der Waals surface area contributed by atoms with E-state index in [4.69, 9.17) is 10.5 Å². The molecule has 0 amide bonds. The molecule has 1 aliphatic carbocycles. The van der Waals surface area contributed by atoms with Crippen LogP contribution >= 0.6 is 0 Å². The van der Waals surface area contributed by atoms with Gasteiger partial charge in [0.15, 0.2) is 0 Å². The van der Waals surface area contributed by atoms with Crippen LogP contribution < -0.4 is 5.73 Å². The van der Waals surface area contributed by atoms with E-state index in [0.29, 0.717) is 6.10 Å². The SMILES string of the molecule is CCC(C)CN(CC)C1(CN)CCC(OC)CC1. The van der Waals surface area contributed by atoms with E-state index < -0.39 is 0 Å². The summed E-state index contributed by atoms with van der Waals surface area (Å²) in [5.74, 6) is 0.758. The maximum Gasteiger partial charge on any atom is 0.0572 e. The molecule has 3 nitrogen and oxygen atoms in total. The van der Waals surface area contributed by atoms with Crippen LogP contribution in [0.25, 0.3) is 0 Å². The third kappa shape index (κ3) is 3.69. The number of rotatable bonds is 7. The van der Waals surface area contributed by atoms with Crippen LogP contribution in [-0.2, 0) is 4.74 Å². The van der Waals surface area contributed by atoms with Crippen LogP contribution in [0, 0.1) is 5.92 Å². The first-order valence-electron chi connectivity index (χ1n) is 7.59. The highest BCUT2D eigenvalue weighted by Gasteiger charge is 2.38. The third-order valence-electron chi connectivity index (χ3n) is 4.86. The number of ether oxygens (including phenoxy) is 1. The molecule has 2 N–H and O–H groups in total. The summed E-state index contributed by atoms with van der Waals surface area (Å²) in [5, 5.41) is 0. The number of likely N-dealkylation sites (N-methyl/N-ethyl adjacent to an activating group) is 1. The van der Waals surface area contributed by atoms with Gasteiger partial charge in [0, 0.05) is 25.7 Å². The molecule has 1 fully saturated rings. The van der Waals surface area contributed by atoms with E-state index in [0.717, 1.165) is 31.8 Å². The van der Waals surface area contributed by atoms with Crippen LogP contribution in [-0.4, -0.2) is 43.3 Å². The maximum absolute atomic E-state index is 6.14. The van der Waals surface area contributed by atoms with Gasteiger partial charge in [-0.1, -0.05) is 27.2 Å². The van der Waals surface area contributed by atoms with E-state index >= 15 is 0 Å². The molecule has 0 bridgehead atoms. The number of hydrogen-bond acceptors (Lipinski definition) is 3. The molecular weight excluding hydrogens is 224 g/mol. The van der Waals surface area contributed by atoms with Crippen LogP contribution in [0.5, 0.6) is 0 Å². The van der Waals surface area contributed by atoms with Gasteiger partial charge in [-0.05, 0) is 38.1 Å². The molecule has 0 radical (unpaired) electrons. The molecule has 1 rings (SSSR count). The van der Waals surface area contributed by atoms with Crippen molar-refractivity contribution in [2.75, 3.05) is 26.7 Å². The lowest BCUT2D eigenvalue weighted by molar-refractivity contribution is -0.0102. The molecule has 0 heterocycles. The predicted molar refractivity (Wildman–Crippen MR) is 77.8 cm³/mol. The van der Waals surface area contributed by atoms with Crippen molar-refractivity contribution >= 4 is 0 Å². The van der Waals surface area contributed by atoms with Crippen molar-refractivity contribution < 1.29 is 4.74 Å². The molecule has 3 heteroatoms. The standard InChI is InChI=1S/C15H32N2O/c1-5-13(3)11-17(6-2)15(12-16)9-7-14(18-4)8-10-15/h13-14H,5-12,16H2,1-4H3. The van der Waals surface area contributed by atoms with Crippen molar-refractivity contribution in [3.8, 4) is 0 Å². The molecule has 18 heavy (non-hydrogen) atoms. The molecule has 108 valence electrons. The van der Waals surface area contributed by atoms with Gasteiger partial charge in [0.05, 0.1) is 6.10 Å². The molecule has 0 aromatic heterocycles. The summed E-state index contributed by atoms with van der Waals surface area (Å²) in [6, 6.07) is 0. The summed E-state index contributed by atoms with van der Waals surface area (Å²) in [5.41, 5.74) is 6.37. The van der Waals surface area contributed by atoms with E-state index in [1.807, 2.05) is 7.11 Å². The quantitative estimate of drug-likeness (QED) is 0.761. The first-order chi connectivity index (χ1) is 8.61. The first kappa shape index (κ1) is 15.9. The normalized spacial score (nSPS) is 30.7. The van der Waals surface area contributed by atoms with Crippen LogP contribution in [0.4, 0.5) is 0 Å². The summed E-state index contributed by atoms with van der Waals surface area (Å²) < 4.78 is 5.49. The van der Waals surface area contributed by atoms with Gasteiger partial charge in [-0.3, -0.25) is 4.90 Å². The van der Waals surface area contributed by atoms with Crippen LogP contribution in [0.1, 0.15) is 52.9 Å². The van der Waals surface area contributed by atoms with Gasteiger partial charge in [0.2, 0.25) is 0 Å². The Morgan fingerprint density at radius 2 is 1.94 bits per heavy atom. The average molecular weight is 256 g/mol. The molecule has 0 spiro atoms. The number of methoxy groups -OCH3 is 1. The van der Waals surface area contributed by atoms with Gasteiger partial charge in [0.25, 0.3) is 0 Å². The summed E-state index contributed by atoms with van der Waals surface area (Å²) in [6.45, 7) is 9.96. The fourth-order valence-corrected chi connectivity index (χ4v) is 3.18. The van der Waals surface area contributed by atoms with Crippen molar-refractivity contribution in [1.29, 1.82) is 0 Å². The predicted octanol–water partition coefficient (Wildman–Crippen LogP) is 2.64. The van der Waals surface area contributed by atoms with Gasteiger partial charge in [-0.25, -0.2) is 0 Å². The maximum atomic E-state index is 6.14. The molecule has 1 unspecified atom stereocenters. The van der Waals surface area contributed by atoms with Crippen molar-refractivity contribution in [2.45, 2.75) is 64.5 Å². The molecule has 1 saturated carbocycles. The Morgan fingerprint density at radius 1 is 1.33 bits per heavy atom. The molecule has 0 saturated heterocycles. The Hall–Kier alpha value is -0.120. The Balaban J connectivity index is 2.67. The number of nitrogens with two attached hydrogens (primary N) is 1. The second-order valence-electron chi connectivity index (χ2n) is 5.92. The van der Waals surface area contributed by atoms with Gasteiger partial charge in [0.1, 0.15) is 0 Å². The van der Waals surface area contributed by atoms with Crippen molar-refractivity contribution in [3.63, 3.8) is 0 Å². The molecule has 0 aromatic rings. The summed E-state index contributed by atoms with van der Waals surface area (Å²) in [4.78, 5) is 2.63. The van der Waals surface area contributed by atoms with E-state index in [9.17, 15) is 0 Å². The van der Waals surface area contributed by atoms with E-state index in [-0.39, 0.29) is 5.54 Å². The number of nitrogens with zero attached hydrogens (tertiary/aromatic N) is 1. The fourth-order valence-electron chi connectivity index (χ4n) is 3.18. The van der Waals surface area contributed by atoms with Gasteiger partial charge >= 0.3 is 0 Å². The monoisotopic (exact) mass is 256 g/mol. The summed E-state index contributed by atoms with van der Waals surface area (Å²) in [6.07, 6.45) is 6.39. The lowest BCUT2D eigenvalue weighted by atomic mass is 9.78. The zero-order valence-electron chi connectivity index (χ0n) is 12.7. The van der Waals surface area contributed by atoms with Gasteiger partial charge in [-0.2, -0.15) is 0 Å². The molecule has 0 aromatic carbocycles.